The number of anilines is 1. The molecule has 0 aliphatic heterocycles. The average Bonchev–Trinajstić information content (AvgIpc) is 2.76. The summed E-state index contributed by atoms with van der Waals surface area (Å²) in [5, 5.41) is 10.1. The van der Waals surface area contributed by atoms with Crippen molar-refractivity contribution in [3.05, 3.63) is 23.3 Å². The van der Waals surface area contributed by atoms with Gasteiger partial charge in [0.2, 0.25) is 0 Å². The van der Waals surface area contributed by atoms with Crippen LogP contribution in [0.3, 0.4) is 0 Å². The molecular formula is C12H11F3N2O3S. The van der Waals surface area contributed by atoms with Crippen LogP contribution in [0.1, 0.15) is 11.1 Å². The summed E-state index contributed by atoms with van der Waals surface area (Å²) in [6.45, 7) is 1.51. The lowest BCUT2D eigenvalue weighted by molar-refractivity contribution is -0.266. The number of halogens is 3. The molecule has 0 saturated carbocycles. The molecule has 5 nitrogen and oxygen atoms in total. The van der Waals surface area contributed by atoms with Crippen LogP contribution in [-0.4, -0.2) is 29.3 Å². The smallest absolute Gasteiger partial charge is 0.432 e. The summed E-state index contributed by atoms with van der Waals surface area (Å²) in [6.07, 6.45) is -5.23. The standard InChI is InChI=1S/C12H11F3N2O3S/c1-5-3-6(4-7-8(5)17-10(16)21-7)11(19,9(18)20-2)12(13,14)15/h3-4,19H,1-2H3,(H2,16,17)/t11-/m0/s1. The Bertz CT molecular complexity index is 714. The molecule has 3 N–H and O–H groups in total. The normalized spacial score (nSPS) is 15.0. The van der Waals surface area contributed by atoms with Crippen LogP contribution < -0.4 is 5.73 Å². The summed E-state index contributed by atoms with van der Waals surface area (Å²) in [6, 6.07) is 2.09. The van der Waals surface area contributed by atoms with Gasteiger partial charge in [0.25, 0.3) is 5.60 Å². The number of aliphatic hydroxyl groups is 1. The van der Waals surface area contributed by atoms with Gasteiger partial charge in [0.15, 0.2) is 5.13 Å². The molecule has 0 amide bonds. The summed E-state index contributed by atoms with van der Waals surface area (Å²) in [4.78, 5) is 15.5. The molecule has 0 aliphatic carbocycles. The van der Waals surface area contributed by atoms with Crippen molar-refractivity contribution in [3.8, 4) is 0 Å². The molecule has 1 heterocycles. The topological polar surface area (TPSA) is 85.4 Å². The van der Waals surface area contributed by atoms with Crippen molar-refractivity contribution in [2.45, 2.75) is 18.7 Å². The fourth-order valence-electron chi connectivity index (χ4n) is 1.97. The van der Waals surface area contributed by atoms with Gasteiger partial charge in [-0.15, -0.1) is 0 Å². The number of ether oxygens (including phenoxy) is 1. The van der Waals surface area contributed by atoms with Crippen LogP contribution in [-0.2, 0) is 15.1 Å². The van der Waals surface area contributed by atoms with Gasteiger partial charge in [-0.05, 0) is 24.6 Å². The monoisotopic (exact) mass is 320 g/mol. The van der Waals surface area contributed by atoms with E-state index in [9.17, 15) is 23.1 Å². The first-order valence-electron chi connectivity index (χ1n) is 5.66. The Kier molecular flexibility index (Phi) is 3.58. The number of nitrogen functional groups attached to an aromatic ring is 1. The Hall–Kier alpha value is -1.87. The van der Waals surface area contributed by atoms with E-state index in [2.05, 4.69) is 9.72 Å². The molecule has 2 rings (SSSR count). The third kappa shape index (κ3) is 2.32. The van der Waals surface area contributed by atoms with Crippen molar-refractivity contribution < 1.29 is 27.8 Å². The minimum absolute atomic E-state index is 0.180. The summed E-state index contributed by atoms with van der Waals surface area (Å²) in [5.41, 5.74) is 1.95. The molecule has 1 atom stereocenters. The van der Waals surface area contributed by atoms with Gasteiger partial charge in [0.1, 0.15) is 0 Å². The van der Waals surface area contributed by atoms with Gasteiger partial charge in [-0.2, -0.15) is 13.2 Å². The second-order valence-electron chi connectivity index (χ2n) is 4.39. The number of esters is 1. The van der Waals surface area contributed by atoms with Gasteiger partial charge in [-0.3, -0.25) is 0 Å². The zero-order valence-electron chi connectivity index (χ0n) is 11.0. The molecule has 0 radical (unpaired) electrons. The highest BCUT2D eigenvalue weighted by molar-refractivity contribution is 7.22. The fraction of sp³-hybridized carbons (Fsp3) is 0.333. The van der Waals surface area contributed by atoms with Gasteiger partial charge in [0.05, 0.1) is 17.3 Å². The Labute approximate surface area is 121 Å². The minimum Gasteiger partial charge on any atom is -0.466 e. The fourth-order valence-corrected chi connectivity index (χ4v) is 2.82. The summed E-state index contributed by atoms with van der Waals surface area (Å²) < 4.78 is 44.0. The Morgan fingerprint density at radius 2 is 2.05 bits per heavy atom. The van der Waals surface area contributed by atoms with E-state index in [0.29, 0.717) is 15.8 Å². The number of aromatic nitrogens is 1. The predicted molar refractivity (Wildman–Crippen MR) is 70.7 cm³/mol. The molecule has 9 heteroatoms. The third-order valence-electron chi connectivity index (χ3n) is 3.01. The van der Waals surface area contributed by atoms with Crippen LogP contribution in [0.2, 0.25) is 0 Å². The Morgan fingerprint density at radius 3 is 2.57 bits per heavy atom. The number of hydrogen-bond donors (Lipinski definition) is 2. The van der Waals surface area contributed by atoms with Crippen LogP contribution >= 0.6 is 11.3 Å². The first kappa shape index (κ1) is 15.5. The lowest BCUT2D eigenvalue weighted by Crippen LogP contribution is -2.49. The molecule has 0 bridgehead atoms. The van der Waals surface area contributed by atoms with Crippen molar-refractivity contribution in [1.29, 1.82) is 0 Å². The zero-order valence-corrected chi connectivity index (χ0v) is 11.8. The Balaban J connectivity index is 2.74. The van der Waals surface area contributed by atoms with E-state index >= 15 is 0 Å². The predicted octanol–water partition coefficient (Wildman–Crippen LogP) is 2.11. The van der Waals surface area contributed by atoms with Gasteiger partial charge in [-0.25, -0.2) is 9.78 Å². The highest BCUT2D eigenvalue weighted by Crippen LogP contribution is 2.42. The van der Waals surface area contributed by atoms with E-state index in [0.717, 1.165) is 30.6 Å². The number of fused-ring (bicyclic) bond motifs is 1. The number of carbonyl (C=O) groups excluding carboxylic acids is 1. The van der Waals surface area contributed by atoms with Crippen LogP contribution in [0.4, 0.5) is 18.3 Å². The third-order valence-corrected chi connectivity index (χ3v) is 3.84. The van der Waals surface area contributed by atoms with E-state index in [1.54, 1.807) is 0 Å². The molecule has 0 unspecified atom stereocenters. The number of nitrogens with two attached hydrogens (primary N) is 1. The molecule has 2 aromatic rings. The van der Waals surface area contributed by atoms with Gasteiger partial charge in [-0.1, -0.05) is 11.3 Å². The van der Waals surface area contributed by atoms with Crippen LogP contribution in [0.25, 0.3) is 10.2 Å². The van der Waals surface area contributed by atoms with Crippen LogP contribution in [0.15, 0.2) is 12.1 Å². The number of rotatable bonds is 2. The SMILES string of the molecule is COC(=O)[C@@](O)(c1cc(C)c2nc(N)sc2c1)C(F)(F)F. The molecule has 1 aromatic carbocycles. The van der Waals surface area contributed by atoms with Crippen LogP contribution in [0.5, 0.6) is 0 Å². The first-order valence-corrected chi connectivity index (χ1v) is 6.47. The number of alkyl halides is 3. The highest BCUT2D eigenvalue weighted by atomic mass is 32.1. The number of aryl methyl sites for hydroxylation is 1. The summed E-state index contributed by atoms with van der Waals surface area (Å²) in [5.74, 6) is -1.80. The van der Waals surface area contributed by atoms with Crippen LogP contribution in [0, 0.1) is 6.92 Å². The lowest BCUT2D eigenvalue weighted by Gasteiger charge is -2.28. The van der Waals surface area contributed by atoms with E-state index in [1.165, 1.54) is 6.92 Å². The number of thiazole rings is 1. The average molecular weight is 320 g/mol. The maximum atomic E-state index is 13.2. The second kappa shape index (κ2) is 4.85. The molecular weight excluding hydrogens is 309 g/mol. The Morgan fingerprint density at radius 1 is 1.43 bits per heavy atom. The van der Waals surface area contributed by atoms with E-state index < -0.39 is 23.3 Å². The van der Waals surface area contributed by atoms with E-state index in [1.807, 2.05) is 0 Å². The first-order chi connectivity index (χ1) is 9.61. The maximum absolute atomic E-state index is 13.2. The quantitative estimate of drug-likeness (QED) is 0.828. The number of benzene rings is 1. The van der Waals surface area contributed by atoms with Crippen molar-refractivity contribution in [2.75, 3.05) is 12.8 Å². The number of methoxy groups -OCH3 is 1. The lowest BCUT2D eigenvalue weighted by atomic mass is 9.91. The number of hydrogen-bond acceptors (Lipinski definition) is 6. The molecule has 0 fully saturated rings. The van der Waals surface area contributed by atoms with Crippen molar-refractivity contribution >= 4 is 32.7 Å². The summed E-state index contributed by atoms with van der Waals surface area (Å²) in [7, 11) is 0.773. The van der Waals surface area contributed by atoms with Gasteiger partial charge >= 0.3 is 12.1 Å². The van der Waals surface area contributed by atoms with E-state index in [4.69, 9.17) is 5.73 Å². The second-order valence-corrected chi connectivity index (χ2v) is 5.45. The molecule has 0 spiro atoms. The molecule has 0 aliphatic rings. The highest BCUT2D eigenvalue weighted by Gasteiger charge is 2.62. The van der Waals surface area contributed by atoms with Gasteiger partial charge < -0.3 is 15.6 Å². The molecule has 1 aromatic heterocycles. The molecule has 21 heavy (non-hydrogen) atoms. The van der Waals surface area contributed by atoms with Crippen molar-refractivity contribution in [2.24, 2.45) is 0 Å². The number of nitrogens with zero attached hydrogens (tertiary/aromatic N) is 1. The minimum atomic E-state index is -5.23. The zero-order chi connectivity index (χ0) is 16.0. The molecule has 114 valence electrons. The van der Waals surface area contributed by atoms with Crippen molar-refractivity contribution in [3.63, 3.8) is 0 Å². The maximum Gasteiger partial charge on any atom is 0.432 e. The summed E-state index contributed by atoms with van der Waals surface area (Å²) >= 11 is 0.963. The van der Waals surface area contributed by atoms with Gasteiger partial charge in [0, 0.05) is 5.56 Å². The van der Waals surface area contributed by atoms with E-state index in [-0.39, 0.29) is 5.13 Å². The van der Waals surface area contributed by atoms with Crippen molar-refractivity contribution in [1.82, 2.24) is 4.98 Å². The largest absolute Gasteiger partial charge is 0.466 e. The number of carbonyl (C=O) groups is 1. The molecule has 0 saturated heterocycles.